The first-order chi connectivity index (χ1) is 12.3. The highest BCUT2D eigenvalue weighted by Crippen LogP contribution is 2.21. The molecule has 26 heavy (non-hydrogen) atoms. The Kier molecular flexibility index (Phi) is 7.63. The van der Waals surface area contributed by atoms with Crippen LogP contribution in [0.4, 0.5) is 4.39 Å². The summed E-state index contributed by atoms with van der Waals surface area (Å²) in [6.45, 7) is 4.22. The average molecular weight is 406 g/mol. The molecule has 0 saturated carbocycles. The molecule has 2 rings (SSSR count). The standard InChI is InChI=1S/C16H25ClFN5O2S/c1-19-16(20-6-7-21-26(2,24)25)23-10-8-22(9-11-23)12-13-14(17)4-3-5-15(13)18/h3-5,21H,6-12H2,1-2H3,(H,19,20). The molecule has 1 heterocycles. The van der Waals surface area contributed by atoms with Crippen molar-refractivity contribution >= 4 is 27.6 Å². The second-order valence-electron chi connectivity index (χ2n) is 6.10. The maximum Gasteiger partial charge on any atom is 0.208 e. The summed E-state index contributed by atoms with van der Waals surface area (Å²) in [6.07, 6.45) is 1.13. The maximum absolute atomic E-state index is 13.9. The van der Waals surface area contributed by atoms with Crippen LogP contribution in [0.3, 0.4) is 0 Å². The van der Waals surface area contributed by atoms with Crippen LogP contribution in [0.1, 0.15) is 5.56 Å². The van der Waals surface area contributed by atoms with E-state index in [4.69, 9.17) is 11.6 Å². The number of nitrogens with zero attached hydrogens (tertiary/aromatic N) is 3. The van der Waals surface area contributed by atoms with Crippen LogP contribution in [0.25, 0.3) is 0 Å². The lowest BCUT2D eigenvalue weighted by atomic mass is 10.2. The van der Waals surface area contributed by atoms with Crippen LogP contribution in [-0.4, -0.2) is 76.7 Å². The number of piperazine rings is 1. The Balaban J connectivity index is 1.81. The van der Waals surface area contributed by atoms with Gasteiger partial charge in [-0.15, -0.1) is 0 Å². The van der Waals surface area contributed by atoms with E-state index in [9.17, 15) is 12.8 Å². The molecule has 10 heteroatoms. The summed E-state index contributed by atoms with van der Waals surface area (Å²) in [5.41, 5.74) is 0.525. The monoisotopic (exact) mass is 405 g/mol. The van der Waals surface area contributed by atoms with E-state index in [0.29, 0.717) is 30.2 Å². The van der Waals surface area contributed by atoms with Crippen molar-refractivity contribution < 1.29 is 12.8 Å². The van der Waals surface area contributed by atoms with Gasteiger partial charge >= 0.3 is 0 Å². The van der Waals surface area contributed by atoms with E-state index < -0.39 is 10.0 Å². The van der Waals surface area contributed by atoms with Gasteiger partial charge in [-0.25, -0.2) is 17.5 Å². The van der Waals surface area contributed by atoms with Gasteiger partial charge in [0, 0.05) is 63.4 Å². The van der Waals surface area contributed by atoms with E-state index in [1.54, 1.807) is 19.2 Å². The largest absolute Gasteiger partial charge is 0.355 e. The fourth-order valence-corrected chi connectivity index (χ4v) is 3.46. The molecule has 0 radical (unpaired) electrons. The smallest absolute Gasteiger partial charge is 0.208 e. The van der Waals surface area contributed by atoms with Crippen LogP contribution >= 0.6 is 11.6 Å². The van der Waals surface area contributed by atoms with E-state index in [0.717, 1.165) is 38.4 Å². The summed E-state index contributed by atoms with van der Waals surface area (Å²) >= 11 is 6.10. The van der Waals surface area contributed by atoms with Crippen LogP contribution < -0.4 is 10.0 Å². The van der Waals surface area contributed by atoms with Crippen molar-refractivity contribution in [2.45, 2.75) is 6.54 Å². The molecule has 1 aromatic carbocycles. The predicted octanol–water partition coefficient (Wildman–Crippen LogP) is 0.721. The molecule has 7 nitrogen and oxygen atoms in total. The zero-order valence-electron chi connectivity index (χ0n) is 15.0. The molecule has 1 fully saturated rings. The van der Waals surface area contributed by atoms with Crippen LogP contribution in [0.5, 0.6) is 0 Å². The Morgan fingerprint density at radius 1 is 1.27 bits per heavy atom. The lowest BCUT2D eigenvalue weighted by molar-refractivity contribution is 0.171. The van der Waals surface area contributed by atoms with E-state index in [1.165, 1.54) is 6.07 Å². The molecule has 0 unspecified atom stereocenters. The van der Waals surface area contributed by atoms with Crippen molar-refractivity contribution in [3.63, 3.8) is 0 Å². The Morgan fingerprint density at radius 3 is 2.54 bits per heavy atom. The van der Waals surface area contributed by atoms with Crippen molar-refractivity contribution in [3.05, 3.63) is 34.6 Å². The SMILES string of the molecule is CN=C(NCCNS(C)(=O)=O)N1CCN(Cc2c(F)cccc2Cl)CC1. The molecule has 2 N–H and O–H groups in total. The first kappa shape index (κ1) is 20.9. The van der Waals surface area contributed by atoms with Crippen LogP contribution in [0.2, 0.25) is 5.02 Å². The van der Waals surface area contributed by atoms with Crippen molar-refractivity contribution in [2.75, 3.05) is 52.6 Å². The zero-order valence-corrected chi connectivity index (χ0v) is 16.6. The van der Waals surface area contributed by atoms with Crippen molar-refractivity contribution in [2.24, 2.45) is 4.99 Å². The first-order valence-electron chi connectivity index (χ1n) is 8.35. The number of halogens is 2. The van der Waals surface area contributed by atoms with Gasteiger partial charge in [0.25, 0.3) is 0 Å². The highest BCUT2D eigenvalue weighted by atomic mass is 35.5. The Labute approximate surface area is 159 Å². The van der Waals surface area contributed by atoms with Crippen LogP contribution in [-0.2, 0) is 16.6 Å². The average Bonchev–Trinajstić information content (AvgIpc) is 2.58. The Morgan fingerprint density at radius 2 is 1.96 bits per heavy atom. The van der Waals surface area contributed by atoms with Gasteiger partial charge in [0.2, 0.25) is 10.0 Å². The number of hydrogen-bond acceptors (Lipinski definition) is 4. The molecule has 0 spiro atoms. The predicted molar refractivity (Wildman–Crippen MR) is 102 cm³/mol. The quantitative estimate of drug-likeness (QED) is 0.414. The summed E-state index contributed by atoms with van der Waals surface area (Å²) in [5, 5.41) is 3.59. The van der Waals surface area contributed by atoms with Gasteiger partial charge in [0.15, 0.2) is 5.96 Å². The normalized spacial score (nSPS) is 16.8. The molecule has 1 aliphatic rings. The van der Waals surface area contributed by atoms with E-state index in [2.05, 4.69) is 24.8 Å². The van der Waals surface area contributed by atoms with E-state index in [1.807, 2.05) is 0 Å². The molecular weight excluding hydrogens is 381 g/mol. The minimum Gasteiger partial charge on any atom is -0.355 e. The number of hydrogen-bond donors (Lipinski definition) is 2. The minimum absolute atomic E-state index is 0.282. The second-order valence-corrected chi connectivity index (χ2v) is 8.34. The minimum atomic E-state index is -3.19. The second kappa shape index (κ2) is 9.50. The highest BCUT2D eigenvalue weighted by molar-refractivity contribution is 7.88. The number of rotatable bonds is 6. The van der Waals surface area contributed by atoms with Gasteiger partial charge in [0.05, 0.1) is 6.26 Å². The van der Waals surface area contributed by atoms with Gasteiger partial charge in [0.1, 0.15) is 5.82 Å². The summed E-state index contributed by atoms with van der Waals surface area (Å²) < 4.78 is 38.5. The molecule has 0 bridgehead atoms. The number of aliphatic imine (C=N–C) groups is 1. The van der Waals surface area contributed by atoms with Gasteiger partial charge < -0.3 is 10.2 Å². The van der Waals surface area contributed by atoms with E-state index >= 15 is 0 Å². The molecule has 1 aromatic rings. The third kappa shape index (κ3) is 6.39. The Hall–Kier alpha value is -1.42. The summed E-state index contributed by atoms with van der Waals surface area (Å²) in [4.78, 5) is 8.49. The maximum atomic E-state index is 13.9. The topological polar surface area (TPSA) is 77.0 Å². The zero-order chi connectivity index (χ0) is 19.2. The molecule has 0 amide bonds. The molecule has 146 valence electrons. The van der Waals surface area contributed by atoms with Gasteiger partial charge in [-0.1, -0.05) is 17.7 Å². The lowest BCUT2D eigenvalue weighted by Crippen LogP contribution is -2.53. The number of nitrogens with one attached hydrogen (secondary N) is 2. The van der Waals surface area contributed by atoms with Crippen molar-refractivity contribution in [3.8, 4) is 0 Å². The van der Waals surface area contributed by atoms with Crippen LogP contribution in [0, 0.1) is 5.82 Å². The summed E-state index contributed by atoms with van der Waals surface area (Å²) in [6, 6.07) is 4.73. The van der Waals surface area contributed by atoms with Gasteiger partial charge in [-0.3, -0.25) is 9.89 Å². The third-order valence-electron chi connectivity index (χ3n) is 4.10. The van der Waals surface area contributed by atoms with Gasteiger partial charge in [-0.05, 0) is 12.1 Å². The van der Waals surface area contributed by atoms with Crippen molar-refractivity contribution in [1.29, 1.82) is 0 Å². The number of sulfonamides is 1. The van der Waals surface area contributed by atoms with Crippen LogP contribution in [0.15, 0.2) is 23.2 Å². The van der Waals surface area contributed by atoms with Gasteiger partial charge in [-0.2, -0.15) is 0 Å². The lowest BCUT2D eigenvalue weighted by Gasteiger charge is -2.36. The fourth-order valence-electron chi connectivity index (χ4n) is 2.77. The van der Waals surface area contributed by atoms with Crippen molar-refractivity contribution in [1.82, 2.24) is 19.8 Å². The molecular formula is C16H25ClFN5O2S. The summed E-state index contributed by atoms with van der Waals surface area (Å²) in [5.74, 6) is 0.444. The first-order valence-corrected chi connectivity index (χ1v) is 10.6. The molecule has 1 aliphatic heterocycles. The molecule has 0 aromatic heterocycles. The molecule has 0 aliphatic carbocycles. The fraction of sp³-hybridized carbons (Fsp3) is 0.562. The Bertz CT molecular complexity index is 716. The highest BCUT2D eigenvalue weighted by Gasteiger charge is 2.21. The third-order valence-corrected chi connectivity index (χ3v) is 5.18. The number of benzene rings is 1. The number of guanidine groups is 1. The van der Waals surface area contributed by atoms with E-state index in [-0.39, 0.29) is 5.82 Å². The summed E-state index contributed by atoms with van der Waals surface area (Å²) in [7, 11) is -1.50. The molecule has 1 saturated heterocycles. The molecule has 0 atom stereocenters.